The van der Waals surface area contributed by atoms with Gasteiger partial charge < -0.3 is 19.8 Å². The van der Waals surface area contributed by atoms with Crippen LogP contribution < -0.4 is 5.32 Å². The highest BCUT2D eigenvalue weighted by Gasteiger charge is 2.34. The predicted octanol–water partition coefficient (Wildman–Crippen LogP) is 3.55. The Hall–Kier alpha value is -3.31. The van der Waals surface area contributed by atoms with Crippen molar-refractivity contribution in [3.8, 4) is 10.4 Å². The maximum absolute atomic E-state index is 13.1. The Kier molecular flexibility index (Phi) is 8.50. The molecule has 9 nitrogen and oxygen atoms in total. The number of halogens is 1. The van der Waals surface area contributed by atoms with Gasteiger partial charge in [-0.25, -0.2) is 23.8 Å². The minimum absolute atomic E-state index is 0.292. The largest absolute Gasteiger partial charge is 0.478 e. The van der Waals surface area contributed by atoms with Gasteiger partial charge in [0, 0.05) is 24.6 Å². The van der Waals surface area contributed by atoms with E-state index in [9.17, 15) is 18.8 Å². The van der Waals surface area contributed by atoms with Crippen LogP contribution in [-0.4, -0.2) is 64.4 Å². The molecule has 5 rings (SSSR count). The summed E-state index contributed by atoms with van der Waals surface area (Å²) in [7, 11) is 0. The molecule has 2 bridgehead atoms. The number of aliphatic carboxylic acids is 2. The first-order valence-electron chi connectivity index (χ1n) is 10.3. The third-order valence-electron chi connectivity index (χ3n) is 5.48. The van der Waals surface area contributed by atoms with Gasteiger partial charge in [0.2, 0.25) is 0 Å². The van der Waals surface area contributed by atoms with E-state index in [-0.39, 0.29) is 5.82 Å². The number of hydrogen-bond donors (Lipinski definition) is 3. The molecule has 1 aromatic heterocycles. The number of aromatic nitrogens is 1. The first-order chi connectivity index (χ1) is 15.8. The summed E-state index contributed by atoms with van der Waals surface area (Å²) in [4.78, 5) is 38.7. The van der Waals surface area contributed by atoms with Crippen molar-refractivity contribution >= 4 is 35.2 Å². The first kappa shape index (κ1) is 24.3. The van der Waals surface area contributed by atoms with Gasteiger partial charge in [-0.1, -0.05) is 12.1 Å². The van der Waals surface area contributed by atoms with Crippen LogP contribution in [0.15, 0.2) is 41.9 Å². The molecule has 1 atom stereocenters. The number of carbonyl (C=O) groups excluding carboxylic acids is 1. The smallest absolute Gasteiger partial charge is 0.412 e. The highest BCUT2D eigenvalue weighted by Crippen LogP contribution is 2.33. The zero-order chi connectivity index (χ0) is 23.8. The predicted molar refractivity (Wildman–Crippen MR) is 120 cm³/mol. The fourth-order valence-electron chi connectivity index (χ4n) is 3.88. The number of carboxylic acids is 2. The number of anilines is 1. The zero-order valence-electron chi connectivity index (χ0n) is 17.6. The molecular weight excluding hydrogens is 453 g/mol. The van der Waals surface area contributed by atoms with Crippen molar-refractivity contribution < 1.29 is 33.7 Å². The Labute approximate surface area is 193 Å². The summed E-state index contributed by atoms with van der Waals surface area (Å²) in [5.41, 5.74) is 2.47. The molecule has 3 aliphatic heterocycles. The standard InChI is InChI=1S/C18H20FN3O2S.C4H4O4/c19-15-3-1-13(2-4-15)16-17(20-11-25-16)21-18(23)24-10-14-9-22-7-5-12(14)6-8-22;5-3(6)1-2-4(7)8/h1-4,11-12,14H,5-10H2,(H,21,23);1-2H,(H,5,6)(H,7,8)/b;2-1+. The van der Waals surface area contributed by atoms with Crippen LogP contribution in [0.5, 0.6) is 0 Å². The molecule has 1 aromatic carbocycles. The number of rotatable bonds is 6. The number of nitrogens with one attached hydrogen (secondary N) is 1. The highest BCUT2D eigenvalue weighted by molar-refractivity contribution is 7.13. The minimum Gasteiger partial charge on any atom is -0.478 e. The number of ether oxygens (including phenoxy) is 1. The van der Waals surface area contributed by atoms with E-state index in [0.717, 1.165) is 17.0 Å². The molecule has 1 amide bonds. The molecule has 0 radical (unpaired) electrons. The lowest BCUT2D eigenvalue weighted by Crippen LogP contribution is -2.49. The molecule has 4 heterocycles. The number of piperidine rings is 3. The van der Waals surface area contributed by atoms with Gasteiger partial charge in [0.25, 0.3) is 0 Å². The van der Waals surface area contributed by atoms with E-state index >= 15 is 0 Å². The Morgan fingerprint density at radius 2 is 1.79 bits per heavy atom. The van der Waals surface area contributed by atoms with Gasteiger partial charge in [-0.2, -0.15) is 0 Å². The quantitative estimate of drug-likeness (QED) is 0.539. The van der Waals surface area contributed by atoms with Gasteiger partial charge in [-0.05, 0) is 49.5 Å². The molecule has 1 unspecified atom stereocenters. The van der Waals surface area contributed by atoms with Crippen LogP contribution in [0.1, 0.15) is 12.8 Å². The van der Waals surface area contributed by atoms with E-state index in [2.05, 4.69) is 15.2 Å². The average molecular weight is 478 g/mol. The van der Waals surface area contributed by atoms with E-state index in [1.165, 1.54) is 49.4 Å². The number of benzene rings is 1. The number of nitrogens with zero attached hydrogens (tertiary/aromatic N) is 2. The molecule has 176 valence electrons. The second kappa shape index (κ2) is 11.5. The second-order valence-corrected chi connectivity index (χ2v) is 8.52. The highest BCUT2D eigenvalue weighted by atomic mass is 32.1. The number of amides is 1. The van der Waals surface area contributed by atoms with Crippen molar-refractivity contribution in [3.63, 3.8) is 0 Å². The Balaban J connectivity index is 0.000000331. The van der Waals surface area contributed by atoms with Crippen LogP contribution in [0.3, 0.4) is 0 Å². The summed E-state index contributed by atoms with van der Waals surface area (Å²) in [5, 5.41) is 18.3. The van der Waals surface area contributed by atoms with Crippen molar-refractivity contribution in [2.75, 3.05) is 31.6 Å². The van der Waals surface area contributed by atoms with Crippen LogP contribution in [0.25, 0.3) is 10.4 Å². The number of carboxylic acid groups (broad SMARTS) is 2. The summed E-state index contributed by atoms with van der Waals surface area (Å²) in [6.07, 6.45) is 3.04. The van der Waals surface area contributed by atoms with E-state index in [1.54, 1.807) is 17.6 Å². The van der Waals surface area contributed by atoms with Crippen LogP contribution in [0.4, 0.5) is 15.0 Å². The zero-order valence-corrected chi connectivity index (χ0v) is 18.5. The van der Waals surface area contributed by atoms with Crippen molar-refractivity contribution in [3.05, 3.63) is 47.7 Å². The van der Waals surface area contributed by atoms with E-state index in [0.29, 0.717) is 36.4 Å². The van der Waals surface area contributed by atoms with Gasteiger partial charge in [-0.3, -0.25) is 5.32 Å². The Morgan fingerprint density at radius 1 is 1.15 bits per heavy atom. The van der Waals surface area contributed by atoms with Crippen molar-refractivity contribution in [1.82, 2.24) is 9.88 Å². The summed E-state index contributed by atoms with van der Waals surface area (Å²) in [6.45, 7) is 3.82. The minimum atomic E-state index is -1.26. The molecule has 2 aromatic rings. The fraction of sp³-hybridized carbons (Fsp3) is 0.364. The number of fused-ring (bicyclic) bond motifs is 3. The summed E-state index contributed by atoms with van der Waals surface area (Å²) >= 11 is 1.40. The lowest BCUT2D eigenvalue weighted by molar-refractivity contribution is -0.134. The van der Waals surface area contributed by atoms with E-state index in [4.69, 9.17) is 14.9 Å². The monoisotopic (exact) mass is 477 g/mol. The fourth-order valence-corrected chi connectivity index (χ4v) is 4.63. The third kappa shape index (κ3) is 7.36. The van der Waals surface area contributed by atoms with Gasteiger partial charge >= 0.3 is 18.0 Å². The Bertz CT molecular complexity index is 986. The van der Waals surface area contributed by atoms with Gasteiger partial charge in [0.05, 0.1) is 17.0 Å². The second-order valence-electron chi connectivity index (χ2n) is 7.67. The summed E-state index contributed by atoms with van der Waals surface area (Å²) in [5.74, 6) is -1.25. The number of carbonyl (C=O) groups is 3. The first-order valence-corrected chi connectivity index (χ1v) is 11.2. The van der Waals surface area contributed by atoms with Gasteiger partial charge in [0.15, 0.2) is 5.82 Å². The topological polar surface area (TPSA) is 129 Å². The molecular formula is C22H24FN3O6S. The lowest BCUT2D eigenvalue weighted by Gasteiger charge is -2.44. The molecule has 3 saturated heterocycles. The number of hydrogen-bond acceptors (Lipinski definition) is 7. The van der Waals surface area contributed by atoms with Crippen molar-refractivity contribution in [2.24, 2.45) is 11.8 Å². The number of thiazole rings is 1. The van der Waals surface area contributed by atoms with Crippen LogP contribution in [0.2, 0.25) is 0 Å². The van der Waals surface area contributed by atoms with Gasteiger partial charge in [0.1, 0.15) is 5.82 Å². The van der Waals surface area contributed by atoms with E-state index in [1.807, 2.05) is 0 Å². The molecule has 33 heavy (non-hydrogen) atoms. The molecule has 0 aliphatic carbocycles. The Morgan fingerprint density at radius 3 is 2.33 bits per heavy atom. The van der Waals surface area contributed by atoms with Crippen LogP contribution in [-0.2, 0) is 14.3 Å². The molecule has 11 heteroatoms. The molecule has 0 saturated carbocycles. The third-order valence-corrected chi connectivity index (χ3v) is 6.36. The SMILES string of the molecule is O=C(Nc1ncsc1-c1ccc(F)cc1)OCC1CN2CCC1CC2.O=C(O)/C=C/C(=O)O. The maximum atomic E-state index is 13.1. The van der Waals surface area contributed by atoms with Crippen LogP contribution in [0, 0.1) is 17.7 Å². The van der Waals surface area contributed by atoms with Gasteiger partial charge in [-0.15, -0.1) is 11.3 Å². The molecule has 3 fully saturated rings. The van der Waals surface area contributed by atoms with Crippen molar-refractivity contribution in [2.45, 2.75) is 12.8 Å². The maximum Gasteiger partial charge on any atom is 0.412 e. The average Bonchev–Trinajstić information content (AvgIpc) is 3.26. The summed E-state index contributed by atoms with van der Waals surface area (Å²) < 4.78 is 18.5. The summed E-state index contributed by atoms with van der Waals surface area (Å²) in [6, 6.07) is 6.13. The normalized spacial score (nSPS) is 21.2. The molecule has 0 spiro atoms. The molecule has 3 N–H and O–H groups in total. The molecule has 3 aliphatic rings. The lowest BCUT2D eigenvalue weighted by atomic mass is 9.79. The van der Waals surface area contributed by atoms with E-state index < -0.39 is 18.0 Å². The van der Waals surface area contributed by atoms with Crippen LogP contribution >= 0.6 is 11.3 Å². The van der Waals surface area contributed by atoms with Crippen molar-refractivity contribution in [1.29, 1.82) is 0 Å².